The van der Waals surface area contributed by atoms with Gasteiger partial charge in [0, 0.05) is 36.9 Å². The molecule has 4 heterocycles. The summed E-state index contributed by atoms with van der Waals surface area (Å²) in [6.07, 6.45) is 2.40. The largest absolute Gasteiger partial charge is 0.368 e. The van der Waals surface area contributed by atoms with Gasteiger partial charge in [-0.25, -0.2) is 0 Å². The van der Waals surface area contributed by atoms with Gasteiger partial charge >= 0.3 is 0 Å². The van der Waals surface area contributed by atoms with Crippen molar-refractivity contribution in [2.24, 2.45) is 5.92 Å². The molecule has 8 heteroatoms. The first-order valence-corrected chi connectivity index (χ1v) is 10.0. The van der Waals surface area contributed by atoms with Crippen molar-refractivity contribution in [3.05, 3.63) is 35.8 Å². The second-order valence-corrected chi connectivity index (χ2v) is 9.00. The maximum atomic E-state index is 4.78. The lowest BCUT2D eigenvalue weighted by molar-refractivity contribution is 0.424. The van der Waals surface area contributed by atoms with E-state index in [2.05, 4.69) is 57.4 Å². The molecule has 1 N–H and O–H groups in total. The average Bonchev–Trinajstić information content (AvgIpc) is 3.39. The summed E-state index contributed by atoms with van der Waals surface area (Å²) in [6.45, 7) is 9.30. The van der Waals surface area contributed by atoms with Gasteiger partial charge in [0.05, 0.1) is 5.69 Å². The van der Waals surface area contributed by atoms with Crippen molar-refractivity contribution < 1.29 is 0 Å². The molecular formula is C20H26N8. The van der Waals surface area contributed by atoms with E-state index < -0.39 is 0 Å². The maximum Gasteiger partial charge on any atom is 0.178 e. The Hall–Kier alpha value is -2.77. The van der Waals surface area contributed by atoms with Crippen LogP contribution in [0.15, 0.2) is 24.3 Å². The van der Waals surface area contributed by atoms with Crippen molar-refractivity contribution in [2.75, 3.05) is 29.9 Å². The number of anilines is 2. The van der Waals surface area contributed by atoms with Gasteiger partial charge in [-0.1, -0.05) is 20.8 Å². The third-order valence-electron chi connectivity index (χ3n) is 5.50. The van der Waals surface area contributed by atoms with Crippen LogP contribution in [0.1, 0.15) is 51.0 Å². The number of nitrogens with zero attached hydrogens (tertiary/aromatic N) is 7. The first kappa shape index (κ1) is 17.3. The van der Waals surface area contributed by atoms with E-state index in [9.17, 15) is 0 Å². The molecule has 2 aliphatic rings. The summed E-state index contributed by atoms with van der Waals surface area (Å²) >= 11 is 0. The van der Waals surface area contributed by atoms with Gasteiger partial charge in [-0.05, 0) is 37.1 Å². The lowest BCUT2D eigenvalue weighted by Crippen LogP contribution is -2.50. The van der Waals surface area contributed by atoms with Gasteiger partial charge in [-0.3, -0.25) is 0 Å². The topological polar surface area (TPSA) is 84.1 Å². The first-order valence-electron chi connectivity index (χ1n) is 10.0. The normalized spacial score (nSPS) is 17.8. The highest BCUT2D eigenvalue weighted by atomic mass is 15.4. The minimum atomic E-state index is 0.0260. The molecule has 28 heavy (non-hydrogen) atoms. The standard InChI is InChI=1S/C20H26N8/c1-20(2,3)15-6-7-16(23-22-15)21-10-13-11-27(12-13)18-9-8-17-24-25-19(14-4-5-14)28(17)26-18/h6-9,13-14H,4-5,10-12H2,1-3H3,(H,21,23). The summed E-state index contributed by atoms with van der Waals surface area (Å²) in [6, 6.07) is 8.13. The van der Waals surface area contributed by atoms with Gasteiger partial charge in [0.15, 0.2) is 11.5 Å². The van der Waals surface area contributed by atoms with Crippen molar-refractivity contribution in [2.45, 2.75) is 44.9 Å². The summed E-state index contributed by atoms with van der Waals surface area (Å²) in [5.74, 6) is 3.96. The van der Waals surface area contributed by atoms with Gasteiger partial charge in [-0.15, -0.1) is 20.4 Å². The van der Waals surface area contributed by atoms with E-state index >= 15 is 0 Å². The Balaban J connectivity index is 1.17. The summed E-state index contributed by atoms with van der Waals surface area (Å²) in [5.41, 5.74) is 1.87. The van der Waals surface area contributed by atoms with Gasteiger partial charge < -0.3 is 10.2 Å². The number of nitrogens with one attached hydrogen (secondary N) is 1. The number of hydrogen-bond acceptors (Lipinski definition) is 7. The van der Waals surface area contributed by atoms with Gasteiger partial charge in [-0.2, -0.15) is 9.61 Å². The lowest BCUT2D eigenvalue weighted by Gasteiger charge is -2.40. The number of fused-ring (bicyclic) bond motifs is 1. The summed E-state index contributed by atoms with van der Waals surface area (Å²) in [7, 11) is 0. The zero-order valence-electron chi connectivity index (χ0n) is 16.6. The Kier molecular flexibility index (Phi) is 3.96. The van der Waals surface area contributed by atoms with Crippen molar-refractivity contribution >= 4 is 17.3 Å². The van der Waals surface area contributed by atoms with Crippen LogP contribution in [0.5, 0.6) is 0 Å². The van der Waals surface area contributed by atoms with Gasteiger partial charge in [0.25, 0.3) is 0 Å². The second kappa shape index (κ2) is 6.39. The van der Waals surface area contributed by atoms with Crippen LogP contribution in [0, 0.1) is 5.92 Å². The molecule has 0 spiro atoms. The minimum absolute atomic E-state index is 0.0260. The number of rotatable bonds is 5. The van der Waals surface area contributed by atoms with Crippen molar-refractivity contribution in [1.82, 2.24) is 30.0 Å². The molecule has 3 aromatic heterocycles. The van der Waals surface area contributed by atoms with Gasteiger partial charge in [0.1, 0.15) is 11.6 Å². The molecule has 5 rings (SSSR count). The predicted molar refractivity (Wildman–Crippen MR) is 108 cm³/mol. The zero-order chi connectivity index (χ0) is 19.3. The van der Waals surface area contributed by atoms with Crippen LogP contribution in [0.3, 0.4) is 0 Å². The molecule has 3 aromatic rings. The molecule has 8 nitrogen and oxygen atoms in total. The molecule has 0 radical (unpaired) electrons. The van der Waals surface area contributed by atoms with E-state index in [0.29, 0.717) is 11.8 Å². The predicted octanol–water partition coefficient (Wildman–Crippen LogP) is 2.64. The Labute approximate surface area is 164 Å². The second-order valence-electron chi connectivity index (χ2n) is 9.00. The smallest absolute Gasteiger partial charge is 0.178 e. The van der Waals surface area contributed by atoms with Crippen LogP contribution < -0.4 is 10.2 Å². The minimum Gasteiger partial charge on any atom is -0.368 e. The van der Waals surface area contributed by atoms with Crippen LogP contribution >= 0.6 is 0 Å². The quantitative estimate of drug-likeness (QED) is 0.730. The van der Waals surface area contributed by atoms with Crippen LogP contribution in [0.2, 0.25) is 0 Å². The average molecular weight is 378 g/mol. The highest BCUT2D eigenvalue weighted by Gasteiger charge is 2.31. The summed E-state index contributed by atoms with van der Waals surface area (Å²) < 4.78 is 1.92. The van der Waals surface area contributed by atoms with Crippen LogP contribution in [-0.4, -0.2) is 49.6 Å². The molecule has 1 saturated heterocycles. The molecule has 1 aliphatic heterocycles. The SMILES string of the molecule is CC(C)(C)c1ccc(NCC2CN(c3ccc4nnc(C5CC5)n4n3)C2)nn1. The zero-order valence-corrected chi connectivity index (χ0v) is 16.6. The highest BCUT2D eigenvalue weighted by Crippen LogP contribution is 2.39. The van der Waals surface area contributed by atoms with Crippen molar-refractivity contribution in [3.63, 3.8) is 0 Å². The molecular weight excluding hydrogens is 352 g/mol. The Bertz CT molecular complexity index is 978. The van der Waals surface area contributed by atoms with Crippen LogP contribution in [0.4, 0.5) is 11.6 Å². The Morgan fingerprint density at radius 3 is 2.50 bits per heavy atom. The molecule has 0 aromatic carbocycles. The van der Waals surface area contributed by atoms with E-state index in [0.717, 1.165) is 48.4 Å². The van der Waals surface area contributed by atoms with Gasteiger partial charge in [0.2, 0.25) is 0 Å². The fourth-order valence-electron chi connectivity index (χ4n) is 3.52. The first-order chi connectivity index (χ1) is 13.5. The van der Waals surface area contributed by atoms with E-state index in [1.165, 1.54) is 12.8 Å². The molecule has 0 bridgehead atoms. The maximum absolute atomic E-state index is 4.78. The van der Waals surface area contributed by atoms with E-state index in [4.69, 9.17) is 5.10 Å². The summed E-state index contributed by atoms with van der Waals surface area (Å²) in [5, 5.41) is 25.4. The fourth-order valence-corrected chi connectivity index (χ4v) is 3.52. The van der Waals surface area contributed by atoms with Crippen LogP contribution in [-0.2, 0) is 5.41 Å². The third kappa shape index (κ3) is 3.27. The highest BCUT2D eigenvalue weighted by molar-refractivity contribution is 5.48. The van der Waals surface area contributed by atoms with Crippen LogP contribution in [0.25, 0.3) is 5.65 Å². The third-order valence-corrected chi connectivity index (χ3v) is 5.50. The van der Waals surface area contributed by atoms with E-state index in [-0.39, 0.29) is 5.41 Å². The van der Waals surface area contributed by atoms with Crippen molar-refractivity contribution in [3.8, 4) is 0 Å². The molecule has 2 fully saturated rings. The monoisotopic (exact) mass is 378 g/mol. The Morgan fingerprint density at radius 2 is 1.82 bits per heavy atom. The van der Waals surface area contributed by atoms with E-state index in [1.807, 2.05) is 22.7 Å². The molecule has 0 atom stereocenters. The Morgan fingerprint density at radius 1 is 1.00 bits per heavy atom. The van der Waals surface area contributed by atoms with Crippen molar-refractivity contribution in [1.29, 1.82) is 0 Å². The molecule has 1 aliphatic carbocycles. The fraction of sp³-hybridized carbons (Fsp3) is 0.550. The molecule has 0 unspecified atom stereocenters. The lowest BCUT2D eigenvalue weighted by atomic mass is 9.92. The van der Waals surface area contributed by atoms with E-state index in [1.54, 1.807) is 0 Å². The molecule has 1 saturated carbocycles. The molecule has 146 valence electrons. The summed E-state index contributed by atoms with van der Waals surface area (Å²) in [4.78, 5) is 2.30. The number of hydrogen-bond donors (Lipinski definition) is 1. The molecule has 0 amide bonds. The number of aromatic nitrogens is 6.